The second kappa shape index (κ2) is 2.27. The van der Waals surface area contributed by atoms with Crippen molar-refractivity contribution in [2.24, 2.45) is 0 Å². The molecule has 0 atom stereocenters. The normalized spacial score (nSPS) is 15.9. The van der Waals surface area contributed by atoms with Gasteiger partial charge in [0.25, 0.3) is 5.91 Å². The summed E-state index contributed by atoms with van der Waals surface area (Å²) in [6.07, 6.45) is 0. The van der Waals surface area contributed by atoms with Crippen LogP contribution in [-0.2, 0) is 6.54 Å². The zero-order chi connectivity index (χ0) is 7.84. The van der Waals surface area contributed by atoms with E-state index in [1.54, 1.807) is 16.7 Å². The lowest BCUT2D eigenvalue weighted by Crippen LogP contribution is -2.34. The van der Waals surface area contributed by atoms with E-state index in [0.717, 1.165) is 6.54 Å². The zero-order valence-electron chi connectivity index (χ0n) is 5.80. The van der Waals surface area contributed by atoms with E-state index in [1.807, 2.05) is 0 Å². The number of carbonyl (C=O) groups excluding carboxylic acids is 1. The average molecular weight is 171 g/mol. The van der Waals surface area contributed by atoms with Gasteiger partial charge in [-0.3, -0.25) is 4.79 Å². The van der Waals surface area contributed by atoms with Crippen LogP contribution in [-0.4, -0.2) is 17.0 Å². The molecule has 1 aromatic heterocycles. The maximum atomic E-state index is 11.1. The van der Waals surface area contributed by atoms with Crippen molar-refractivity contribution >= 4 is 17.5 Å². The molecular formula is C7H7ClN2O. The molecule has 0 fully saturated rings. The molecule has 3 nitrogen and oxygen atoms in total. The number of nitrogens with one attached hydrogen (secondary N) is 1. The van der Waals surface area contributed by atoms with Crippen molar-refractivity contribution in [3.8, 4) is 0 Å². The molecule has 1 N–H and O–H groups in total. The molecule has 2 heterocycles. The number of aromatic nitrogens is 1. The van der Waals surface area contributed by atoms with Gasteiger partial charge in [0.2, 0.25) is 0 Å². The molecule has 0 unspecified atom stereocenters. The molecule has 0 aliphatic carbocycles. The second-order valence-corrected chi connectivity index (χ2v) is 2.84. The molecule has 1 aromatic rings. The van der Waals surface area contributed by atoms with Gasteiger partial charge >= 0.3 is 0 Å². The van der Waals surface area contributed by atoms with Crippen LogP contribution in [0.2, 0.25) is 5.15 Å². The van der Waals surface area contributed by atoms with Gasteiger partial charge in [-0.05, 0) is 12.1 Å². The van der Waals surface area contributed by atoms with Crippen LogP contribution < -0.4 is 5.32 Å². The number of carbonyl (C=O) groups is 1. The van der Waals surface area contributed by atoms with Gasteiger partial charge in [-0.25, -0.2) is 0 Å². The third-order valence-corrected chi connectivity index (χ3v) is 2.11. The lowest BCUT2D eigenvalue weighted by molar-refractivity contribution is 0.0928. The van der Waals surface area contributed by atoms with Crippen LogP contribution in [0.4, 0.5) is 0 Å². The van der Waals surface area contributed by atoms with Crippen LogP contribution in [0.5, 0.6) is 0 Å². The van der Waals surface area contributed by atoms with Gasteiger partial charge in [0.05, 0.1) is 0 Å². The molecule has 58 valence electrons. The summed E-state index contributed by atoms with van der Waals surface area (Å²) >= 11 is 5.81. The highest BCUT2D eigenvalue weighted by atomic mass is 35.5. The number of hydrogen-bond donors (Lipinski definition) is 1. The third kappa shape index (κ3) is 0.922. The molecule has 0 aromatic carbocycles. The van der Waals surface area contributed by atoms with Crippen LogP contribution in [0, 0.1) is 0 Å². The van der Waals surface area contributed by atoms with Crippen LogP contribution in [0.3, 0.4) is 0 Å². The minimum Gasteiger partial charge on any atom is -0.349 e. The van der Waals surface area contributed by atoms with Crippen molar-refractivity contribution in [2.45, 2.75) is 6.54 Å². The van der Waals surface area contributed by atoms with Gasteiger partial charge in [0.1, 0.15) is 10.8 Å². The van der Waals surface area contributed by atoms with Crippen molar-refractivity contribution in [2.75, 3.05) is 6.54 Å². The lowest BCUT2D eigenvalue weighted by Gasteiger charge is -2.16. The van der Waals surface area contributed by atoms with Crippen LogP contribution in [0.1, 0.15) is 10.5 Å². The topological polar surface area (TPSA) is 34.0 Å². The maximum Gasteiger partial charge on any atom is 0.268 e. The molecule has 1 aliphatic heterocycles. The third-order valence-electron chi connectivity index (χ3n) is 1.78. The van der Waals surface area contributed by atoms with Crippen molar-refractivity contribution in [3.05, 3.63) is 23.0 Å². The number of amides is 1. The van der Waals surface area contributed by atoms with Crippen molar-refractivity contribution in [1.29, 1.82) is 0 Å². The van der Waals surface area contributed by atoms with Gasteiger partial charge in [-0.2, -0.15) is 0 Å². The minimum atomic E-state index is -0.0387. The minimum absolute atomic E-state index is 0.0387. The van der Waals surface area contributed by atoms with E-state index < -0.39 is 0 Å². The molecule has 0 spiro atoms. The summed E-state index contributed by atoms with van der Waals surface area (Å²) in [4.78, 5) is 11.1. The summed E-state index contributed by atoms with van der Waals surface area (Å²) in [5.74, 6) is -0.0387. The SMILES string of the molecule is O=C1NCCn2c(Cl)ccc21. The van der Waals surface area contributed by atoms with Gasteiger partial charge in [-0.15, -0.1) is 0 Å². The monoisotopic (exact) mass is 170 g/mol. The summed E-state index contributed by atoms with van der Waals surface area (Å²) in [5.41, 5.74) is 0.654. The Morgan fingerprint density at radius 2 is 2.36 bits per heavy atom. The molecule has 0 radical (unpaired) electrons. The fourth-order valence-electron chi connectivity index (χ4n) is 1.24. The Morgan fingerprint density at radius 3 is 3.09 bits per heavy atom. The van der Waals surface area contributed by atoms with E-state index in [1.165, 1.54) is 0 Å². The standard InChI is InChI=1S/C7H7ClN2O/c8-6-2-1-5-7(11)9-3-4-10(5)6/h1-2H,3-4H2,(H,9,11). The summed E-state index contributed by atoms with van der Waals surface area (Å²) in [5, 5.41) is 3.37. The van der Waals surface area contributed by atoms with Crippen molar-refractivity contribution in [3.63, 3.8) is 0 Å². The Kier molecular flexibility index (Phi) is 1.39. The molecule has 11 heavy (non-hydrogen) atoms. The Labute approximate surface area is 69.0 Å². The van der Waals surface area contributed by atoms with Gasteiger partial charge < -0.3 is 9.88 Å². The largest absolute Gasteiger partial charge is 0.349 e. The zero-order valence-corrected chi connectivity index (χ0v) is 6.56. The molecule has 2 rings (SSSR count). The van der Waals surface area contributed by atoms with Gasteiger partial charge in [0.15, 0.2) is 0 Å². The first kappa shape index (κ1) is 6.73. The summed E-state index contributed by atoms with van der Waals surface area (Å²) < 4.78 is 1.81. The fourth-order valence-corrected chi connectivity index (χ4v) is 1.48. The predicted octanol–water partition coefficient (Wildman–Crippen LogP) is 0.885. The summed E-state index contributed by atoms with van der Waals surface area (Å²) in [6, 6.07) is 3.47. The van der Waals surface area contributed by atoms with Crippen molar-refractivity contribution < 1.29 is 4.79 Å². The fraction of sp³-hybridized carbons (Fsp3) is 0.286. The molecule has 4 heteroatoms. The van der Waals surface area contributed by atoms with E-state index in [0.29, 0.717) is 17.4 Å². The van der Waals surface area contributed by atoms with E-state index in [4.69, 9.17) is 11.6 Å². The number of fused-ring (bicyclic) bond motifs is 1. The summed E-state index contributed by atoms with van der Waals surface area (Å²) in [7, 11) is 0. The van der Waals surface area contributed by atoms with E-state index >= 15 is 0 Å². The van der Waals surface area contributed by atoms with Crippen molar-refractivity contribution in [1.82, 2.24) is 9.88 Å². The highest BCUT2D eigenvalue weighted by molar-refractivity contribution is 6.30. The molecule has 1 aliphatic rings. The Bertz CT molecular complexity index is 305. The van der Waals surface area contributed by atoms with E-state index in [2.05, 4.69) is 5.32 Å². The number of halogens is 1. The highest BCUT2D eigenvalue weighted by Crippen LogP contribution is 2.16. The number of rotatable bonds is 0. The smallest absolute Gasteiger partial charge is 0.268 e. The Morgan fingerprint density at radius 1 is 1.55 bits per heavy atom. The van der Waals surface area contributed by atoms with E-state index in [-0.39, 0.29) is 5.91 Å². The molecular weight excluding hydrogens is 164 g/mol. The first-order valence-electron chi connectivity index (χ1n) is 3.42. The molecule has 1 amide bonds. The molecule has 0 bridgehead atoms. The van der Waals surface area contributed by atoms with Crippen LogP contribution in [0.25, 0.3) is 0 Å². The maximum absolute atomic E-state index is 11.1. The van der Waals surface area contributed by atoms with Gasteiger partial charge in [0, 0.05) is 13.1 Å². The lowest BCUT2D eigenvalue weighted by atomic mass is 10.3. The number of hydrogen-bond acceptors (Lipinski definition) is 1. The highest BCUT2D eigenvalue weighted by Gasteiger charge is 2.17. The Hall–Kier alpha value is -0.960. The Balaban J connectivity index is 2.55. The predicted molar refractivity (Wildman–Crippen MR) is 41.8 cm³/mol. The first-order valence-corrected chi connectivity index (χ1v) is 3.80. The van der Waals surface area contributed by atoms with Crippen LogP contribution >= 0.6 is 11.6 Å². The second-order valence-electron chi connectivity index (χ2n) is 2.45. The summed E-state index contributed by atoms with van der Waals surface area (Å²) in [6.45, 7) is 1.44. The molecule has 0 saturated carbocycles. The average Bonchev–Trinajstić information content (AvgIpc) is 2.35. The quantitative estimate of drug-likeness (QED) is 0.617. The molecule has 0 saturated heterocycles. The van der Waals surface area contributed by atoms with E-state index in [9.17, 15) is 4.79 Å². The first-order chi connectivity index (χ1) is 5.29. The van der Waals surface area contributed by atoms with Gasteiger partial charge in [-0.1, -0.05) is 11.6 Å². The van der Waals surface area contributed by atoms with Crippen LogP contribution in [0.15, 0.2) is 12.1 Å². The number of nitrogens with zero attached hydrogens (tertiary/aromatic N) is 1.